The molecule has 2 aromatic rings. The van der Waals surface area contributed by atoms with Gasteiger partial charge in [0.25, 0.3) is 0 Å². The summed E-state index contributed by atoms with van der Waals surface area (Å²) in [7, 11) is 3.34. The summed E-state index contributed by atoms with van der Waals surface area (Å²) in [6, 6.07) is 7.65. The molecule has 1 aromatic heterocycles. The van der Waals surface area contributed by atoms with Crippen molar-refractivity contribution in [2.45, 2.75) is 19.4 Å². The smallest absolute Gasteiger partial charge is 0.226 e. The molecular weight excluding hydrogens is 306 g/mol. The van der Waals surface area contributed by atoms with Crippen LogP contribution in [-0.4, -0.2) is 43.0 Å². The zero-order valence-corrected chi connectivity index (χ0v) is 14.1. The minimum Gasteiger partial charge on any atom is -0.497 e. The highest BCUT2D eigenvalue weighted by Crippen LogP contribution is 2.23. The highest BCUT2D eigenvalue weighted by Gasteiger charge is 2.24. The Morgan fingerprint density at radius 1 is 1.33 bits per heavy atom. The molecule has 0 unspecified atom stereocenters. The second-order valence-corrected chi connectivity index (χ2v) is 6.04. The van der Waals surface area contributed by atoms with Gasteiger partial charge >= 0.3 is 0 Å². The molecule has 3 rings (SSSR count). The third-order valence-corrected chi connectivity index (χ3v) is 4.48. The summed E-state index contributed by atoms with van der Waals surface area (Å²) in [5.74, 6) is 1.72. The van der Waals surface area contributed by atoms with Crippen molar-refractivity contribution in [1.82, 2.24) is 15.2 Å². The third-order valence-electron chi connectivity index (χ3n) is 4.48. The Morgan fingerprint density at radius 3 is 2.67 bits per heavy atom. The number of methoxy groups -OCH3 is 1. The summed E-state index contributed by atoms with van der Waals surface area (Å²) in [6.07, 6.45) is 3.50. The van der Waals surface area contributed by atoms with Gasteiger partial charge in [-0.2, -0.15) is 0 Å². The summed E-state index contributed by atoms with van der Waals surface area (Å²) >= 11 is 0. The zero-order chi connectivity index (χ0) is 16.9. The molecule has 0 atom stereocenters. The van der Waals surface area contributed by atoms with E-state index in [-0.39, 0.29) is 11.8 Å². The van der Waals surface area contributed by atoms with Crippen molar-refractivity contribution >= 4 is 5.91 Å². The summed E-state index contributed by atoms with van der Waals surface area (Å²) in [5.41, 5.74) is 1.85. The molecule has 24 heavy (non-hydrogen) atoms. The van der Waals surface area contributed by atoms with Gasteiger partial charge in [0.1, 0.15) is 12.0 Å². The number of hydrogen-bond donors (Lipinski definition) is 1. The van der Waals surface area contributed by atoms with Crippen molar-refractivity contribution in [3.05, 3.63) is 36.2 Å². The van der Waals surface area contributed by atoms with Crippen LogP contribution in [0.25, 0.3) is 11.5 Å². The van der Waals surface area contributed by atoms with E-state index in [0.717, 1.165) is 49.5 Å². The molecule has 0 spiro atoms. The molecular formula is C18H23N3O3. The zero-order valence-electron chi connectivity index (χ0n) is 14.1. The average molecular weight is 329 g/mol. The molecule has 6 heteroatoms. The first kappa shape index (κ1) is 16.5. The van der Waals surface area contributed by atoms with Crippen molar-refractivity contribution in [3.63, 3.8) is 0 Å². The van der Waals surface area contributed by atoms with Gasteiger partial charge < -0.3 is 14.5 Å². The van der Waals surface area contributed by atoms with Gasteiger partial charge in [0.15, 0.2) is 0 Å². The first-order valence-corrected chi connectivity index (χ1v) is 8.22. The number of rotatable bonds is 5. The van der Waals surface area contributed by atoms with Gasteiger partial charge in [0.05, 0.1) is 12.8 Å². The number of hydrogen-bond acceptors (Lipinski definition) is 5. The number of carbonyl (C=O) groups excluding carboxylic acids is 1. The molecule has 0 aliphatic carbocycles. The minimum absolute atomic E-state index is 0.137. The molecule has 1 aromatic carbocycles. The second-order valence-electron chi connectivity index (χ2n) is 6.04. The molecule has 0 bridgehead atoms. The first-order valence-electron chi connectivity index (χ1n) is 8.22. The maximum absolute atomic E-state index is 11.7. The molecule has 128 valence electrons. The van der Waals surface area contributed by atoms with Crippen LogP contribution in [0.4, 0.5) is 0 Å². The standard InChI is InChI=1S/C18H23N3O3/c1-19-17(22)13-7-9-21(10-8-13)11-15-12-24-18(20-15)14-3-5-16(23-2)6-4-14/h3-6,12-13H,7-11H2,1-2H3,(H,19,22). The Morgan fingerprint density at radius 2 is 2.04 bits per heavy atom. The Bertz CT molecular complexity index is 673. The van der Waals surface area contributed by atoms with Crippen LogP contribution in [0.3, 0.4) is 0 Å². The van der Waals surface area contributed by atoms with E-state index < -0.39 is 0 Å². The highest BCUT2D eigenvalue weighted by molar-refractivity contribution is 5.78. The molecule has 1 saturated heterocycles. The molecule has 1 fully saturated rings. The second kappa shape index (κ2) is 7.49. The number of ether oxygens (including phenoxy) is 1. The van der Waals surface area contributed by atoms with Crippen LogP contribution in [0.2, 0.25) is 0 Å². The fraction of sp³-hybridized carbons (Fsp3) is 0.444. The van der Waals surface area contributed by atoms with E-state index in [1.54, 1.807) is 20.4 Å². The fourth-order valence-corrected chi connectivity index (χ4v) is 3.03. The molecule has 1 amide bonds. The molecule has 0 radical (unpaired) electrons. The monoisotopic (exact) mass is 329 g/mol. The third kappa shape index (κ3) is 3.76. The van der Waals surface area contributed by atoms with E-state index in [4.69, 9.17) is 9.15 Å². The lowest BCUT2D eigenvalue weighted by Gasteiger charge is -2.30. The minimum atomic E-state index is 0.137. The Balaban J connectivity index is 1.57. The molecule has 1 N–H and O–H groups in total. The summed E-state index contributed by atoms with van der Waals surface area (Å²) < 4.78 is 10.8. The number of aromatic nitrogens is 1. The summed E-state index contributed by atoms with van der Waals surface area (Å²) in [5, 5.41) is 2.74. The molecule has 0 saturated carbocycles. The van der Waals surface area contributed by atoms with Crippen LogP contribution >= 0.6 is 0 Å². The predicted octanol–water partition coefficient (Wildman–Crippen LogP) is 2.31. The van der Waals surface area contributed by atoms with Crippen LogP contribution in [0, 0.1) is 5.92 Å². The number of nitrogens with one attached hydrogen (secondary N) is 1. The maximum Gasteiger partial charge on any atom is 0.226 e. The van der Waals surface area contributed by atoms with Crippen LogP contribution in [0.15, 0.2) is 34.9 Å². The number of carbonyl (C=O) groups is 1. The van der Waals surface area contributed by atoms with Crippen LogP contribution in [0.1, 0.15) is 18.5 Å². The van der Waals surface area contributed by atoms with Crippen LogP contribution in [0.5, 0.6) is 5.75 Å². The summed E-state index contributed by atoms with van der Waals surface area (Å²) in [4.78, 5) is 18.6. The number of likely N-dealkylation sites (tertiary alicyclic amines) is 1. The quantitative estimate of drug-likeness (QED) is 0.912. The normalized spacial score (nSPS) is 16.1. The van der Waals surface area contributed by atoms with Gasteiger partial charge in [-0.25, -0.2) is 4.98 Å². The van der Waals surface area contributed by atoms with Crippen LogP contribution < -0.4 is 10.1 Å². The number of benzene rings is 1. The van der Waals surface area contributed by atoms with E-state index in [9.17, 15) is 4.79 Å². The molecule has 1 aliphatic rings. The van der Waals surface area contributed by atoms with Crippen molar-refractivity contribution in [2.24, 2.45) is 5.92 Å². The van der Waals surface area contributed by atoms with Crippen molar-refractivity contribution in [3.8, 4) is 17.2 Å². The van der Waals surface area contributed by atoms with Gasteiger partial charge in [-0.15, -0.1) is 0 Å². The number of amides is 1. The molecule has 6 nitrogen and oxygen atoms in total. The van der Waals surface area contributed by atoms with Gasteiger partial charge in [-0.3, -0.25) is 9.69 Å². The fourth-order valence-electron chi connectivity index (χ4n) is 3.03. The van der Waals surface area contributed by atoms with E-state index in [1.807, 2.05) is 24.3 Å². The predicted molar refractivity (Wildman–Crippen MR) is 90.6 cm³/mol. The lowest BCUT2D eigenvalue weighted by molar-refractivity contribution is -0.125. The lowest BCUT2D eigenvalue weighted by Crippen LogP contribution is -2.39. The number of nitrogens with zero attached hydrogens (tertiary/aromatic N) is 2. The molecule has 2 heterocycles. The average Bonchev–Trinajstić information content (AvgIpc) is 3.10. The highest BCUT2D eigenvalue weighted by atomic mass is 16.5. The van der Waals surface area contributed by atoms with E-state index >= 15 is 0 Å². The Kier molecular flexibility index (Phi) is 5.15. The maximum atomic E-state index is 11.7. The SMILES string of the molecule is CNC(=O)C1CCN(Cc2coc(-c3ccc(OC)cc3)n2)CC1. The van der Waals surface area contributed by atoms with Crippen molar-refractivity contribution in [2.75, 3.05) is 27.2 Å². The van der Waals surface area contributed by atoms with Crippen molar-refractivity contribution in [1.29, 1.82) is 0 Å². The van der Waals surface area contributed by atoms with E-state index in [1.165, 1.54) is 0 Å². The number of piperidine rings is 1. The number of oxazole rings is 1. The van der Waals surface area contributed by atoms with Gasteiger partial charge in [-0.05, 0) is 50.2 Å². The van der Waals surface area contributed by atoms with Gasteiger partial charge in [0, 0.05) is 25.1 Å². The molecule has 1 aliphatic heterocycles. The first-order chi connectivity index (χ1) is 11.7. The van der Waals surface area contributed by atoms with E-state index in [2.05, 4.69) is 15.2 Å². The van der Waals surface area contributed by atoms with Crippen molar-refractivity contribution < 1.29 is 13.9 Å². The van der Waals surface area contributed by atoms with Gasteiger partial charge in [-0.1, -0.05) is 0 Å². The largest absolute Gasteiger partial charge is 0.497 e. The Labute approximate surface area is 141 Å². The lowest BCUT2D eigenvalue weighted by atomic mass is 9.96. The topological polar surface area (TPSA) is 67.6 Å². The Hall–Kier alpha value is -2.34. The van der Waals surface area contributed by atoms with E-state index in [0.29, 0.717) is 5.89 Å². The van der Waals surface area contributed by atoms with Crippen LogP contribution in [-0.2, 0) is 11.3 Å². The summed E-state index contributed by atoms with van der Waals surface area (Å²) in [6.45, 7) is 2.56. The van der Waals surface area contributed by atoms with Gasteiger partial charge in [0.2, 0.25) is 11.8 Å².